The highest BCUT2D eigenvalue weighted by molar-refractivity contribution is 5.25. The Morgan fingerprint density at radius 2 is 1.94 bits per heavy atom. The minimum absolute atomic E-state index is 0.0159. The van der Waals surface area contributed by atoms with Crippen LogP contribution in [-0.2, 0) is 10.2 Å². The second kappa shape index (κ2) is 6.88. The van der Waals surface area contributed by atoms with Crippen LogP contribution in [-0.4, -0.2) is 44.8 Å². The molecule has 0 saturated carbocycles. The average Bonchev–Trinajstić information content (AvgIpc) is 2.39. The molecular weight excluding hydrogens is 224 g/mol. The molecule has 2 atom stereocenters. The van der Waals surface area contributed by atoms with E-state index in [0.717, 1.165) is 13.2 Å². The molecule has 0 heterocycles. The summed E-state index contributed by atoms with van der Waals surface area (Å²) in [5, 5.41) is 0. The summed E-state index contributed by atoms with van der Waals surface area (Å²) in [6.45, 7) is 6.70. The van der Waals surface area contributed by atoms with Gasteiger partial charge in [-0.3, -0.25) is 0 Å². The molecule has 0 radical (unpaired) electrons. The number of benzene rings is 1. The molecule has 2 unspecified atom stereocenters. The molecule has 0 bridgehead atoms. The van der Waals surface area contributed by atoms with E-state index < -0.39 is 0 Å². The van der Waals surface area contributed by atoms with Crippen LogP contribution in [0.4, 0.5) is 0 Å². The van der Waals surface area contributed by atoms with Crippen LogP contribution in [0.2, 0.25) is 0 Å². The maximum atomic E-state index is 6.00. The molecule has 1 aromatic rings. The number of methoxy groups -OCH3 is 1. The molecule has 102 valence electrons. The van der Waals surface area contributed by atoms with Crippen molar-refractivity contribution in [3.63, 3.8) is 0 Å². The first-order valence-electron chi connectivity index (χ1n) is 6.48. The van der Waals surface area contributed by atoms with E-state index >= 15 is 0 Å². The van der Waals surface area contributed by atoms with Gasteiger partial charge in [0, 0.05) is 31.7 Å². The summed E-state index contributed by atoms with van der Waals surface area (Å²) < 4.78 is 5.21. The Bertz CT molecular complexity index is 342. The average molecular weight is 250 g/mol. The first kappa shape index (κ1) is 15.2. The molecule has 1 aromatic carbocycles. The predicted octanol–water partition coefficient (Wildman–Crippen LogP) is 1.87. The Balaban J connectivity index is 2.77. The summed E-state index contributed by atoms with van der Waals surface area (Å²) in [7, 11) is 3.87. The number of nitrogens with zero attached hydrogens (tertiary/aromatic N) is 1. The first-order valence-corrected chi connectivity index (χ1v) is 6.48. The monoisotopic (exact) mass is 250 g/mol. The zero-order chi connectivity index (χ0) is 13.6. The van der Waals surface area contributed by atoms with Crippen molar-refractivity contribution in [3.05, 3.63) is 35.9 Å². The molecule has 1 rings (SSSR count). The Morgan fingerprint density at radius 1 is 1.33 bits per heavy atom. The number of nitrogens with two attached hydrogens (primary N) is 1. The van der Waals surface area contributed by atoms with Gasteiger partial charge in [0.05, 0.1) is 6.61 Å². The van der Waals surface area contributed by atoms with Crippen molar-refractivity contribution in [2.75, 3.05) is 33.9 Å². The normalized spacial score (nSPS) is 16.6. The standard InChI is InChI=1S/C15H26N2O/c1-13(10-18-4)17(3)12-15(2,11-16)14-8-6-5-7-9-14/h5-9,13H,10-12,16H2,1-4H3. The fraction of sp³-hybridized carbons (Fsp3) is 0.600. The number of ether oxygens (including phenoxy) is 1. The molecule has 0 spiro atoms. The molecule has 18 heavy (non-hydrogen) atoms. The Morgan fingerprint density at radius 3 is 2.44 bits per heavy atom. The van der Waals surface area contributed by atoms with Gasteiger partial charge in [-0.1, -0.05) is 37.3 Å². The van der Waals surface area contributed by atoms with Gasteiger partial charge in [0.15, 0.2) is 0 Å². The molecule has 0 aromatic heterocycles. The Labute approximate surface area is 111 Å². The van der Waals surface area contributed by atoms with Crippen molar-refractivity contribution >= 4 is 0 Å². The van der Waals surface area contributed by atoms with E-state index in [0.29, 0.717) is 12.6 Å². The third kappa shape index (κ3) is 3.80. The van der Waals surface area contributed by atoms with Crippen molar-refractivity contribution in [2.24, 2.45) is 5.73 Å². The van der Waals surface area contributed by atoms with E-state index in [1.165, 1.54) is 5.56 Å². The molecule has 0 saturated heterocycles. The lowest BCUT2D eigenvalue weighted by atomic mass is 9.82. The van der Waals surface area contributed by atoms with E-state index in [1.807, 2.05) is 6.07 Å². The van der Waals surface area contributed by atoms with Gasteiger partial charge in [0.25, 0.3) is 0 Å². The van der Waals surface area contributed by atoms with Gasteiger partial charge >= 0.3 is 0 Å². The summed E-state index contributed by atoms with van der Waals surface area (Å²) in [5.74, 6) is 0. The second-order valence-electron chi connectivity index (χ2n) is 5.35. The molecular formula is C15H26N2O. The van der Waals surface area contributed by atoms with Gasteiger partial charge in [-0.2, -0.15) is 0 Å². The number of likely N-dealkylation sites (N-methyl/N-ethyl adjacent to an activating group) is 1. The van der Waals surface area contributed by atoms with Crippen molar-refractivity contribution < 1.29 is 4.74 Å². The summed E-state index contributed by atoms with van der Waals surface area (Å²) in [6.07, 6.45) is 0. The highest BCUT2D eigenvalue weighted by atomic mass is 16.5. The van der Waals surface area contributed by atoms with Crippen LogP contribution < -0.4 is 5.73 Å². The minimum atomic E-state index is -0.0159. The Hall–Kier alpha value is -0.900. The molecule has 3 heteroatoms. The van der Waals surface area contributed by atoms with Crippen molar-refractivity contribution in [2.45, 2.75) is 25.3 Å². The van der Waals surface area contributed by atoms with E-state index in [9.17, 15) is 0 Å². The topological polar surface area (TPSA) is 38.5 Å². The maximum absolute atomic E-state index is 6.00. The van der Waals surface area contributed by atoms with E-state index in [4.69, 9.17) is 10.5 Å². The second-order valence-corrected chi connectivity index (χ2v) is 5.35. The van der Waals surface area contributed by atoms with Gasteiger partial charge in [0.1, 0.15) is 0 Å². The van der Waals surface area contributed by atoms with Crippen LogP contribution in [0, 0.1) is 0 Å². The number of rotatable bonds is 7. The molecule has 3 nitrogen and oxygen atoms in total. The minimum Gasteiger partial charge on any atom is -0.383 e. The SMILES string of the molecule is COCC(C)N(C)CC(C)(CN)c1ccccc1. The van der Waals surface area contributed by atoms with Crippen LogP contribution >= 0.6 is 0 Å². The third-order valence-electron chi connectivity index (χ3n) is 3.68. The molecule has 0 aliphatic heterocycles. The van der Waals surface area contributed by atoms with Crippen molar-refractivity contribution in [1.29, 1.82) is 0 Å². The van der Waals surface area contributed by atoms with Crippen molar-refractivity contribution in [1.82, 2.24) is 4.90 Å². The lowest BCUT2D eigenvalue weighted by Crippen LogP contribution is -2.46. The third-order valence-corrected chi connectivity index (χ3v) is 3.68. The van der Waals surface area contributed by atoms with E-state index in [-0.39, 0.29) is 5.41 Å². The lowest BCUT2D eigenvalue weighted by molar-refractivity contribution is 0.102. The van der Waals surface area contributed by atoms with Crippen LogP contribution in [0.5, 0.6) is 0 Å². The molecule has 0 aliphatic carbocycles. The number of hydrogen-bond acceptors (Lipinski definition) is 3. The van der Waals surface area contributed by atoms with Gasteiger partial charge < -0.3 is 15.4 Å². The zero-order valence-corrected chi connectivity index (χ0v) is 12.0. The van der Waals surface area contributed by atoms with Crippen LogP contribution in [0.25, 0.3) is 0 Å². The highest BCUT2D eigenvalue weighted by Gasteiger charge is 2.27. The molecule has 0 fully saturated rings. The zero-order valence-electron chi connectivity index (χ0n) is 12.0. The molecule has 2 N–H and O–H groups in total. The van der Waals surface area contributed by atoms with Gasteiger partial charge in [-0.05, 0) is 19.5 Å². The van der Waals surface area contributed by atoms with E-state index in [2.05, 4.69) is 50.1 Å². The first-order chi connectivity index (χ1) is 8.53. The lowest BCUT2D eigenvalue weighted by Gasteiger charge is -2.36. The van der Waals surface area contributed by atoms with Crippen LogP contribution in [0.1, 0.15) is 19.4 Å². The number of hydrogen-bond donors (Lipinski definition) is 1. The van der Waals surface area contributed by atoms with Crippen LogP contribution in [0.15, 0.2) is 30.3 Å². The summed E-state index contributed by atoms with van der Waals surface area (Å²) in [6, 6.07) is 10.9. The van der Waals surface area contributed by atoms with E-state index in [1.54, 1.807) is 7.11 Å². The summed E-state index contributed by atoms with van der Waals surface area (Å²) >= 11 is 0. The smallest absolute Gasteiger partial charge is 0.0615 e. The molecule has 0 amide bonds. The maximum Gasteiger partial charge on any atom is 0.0615 e. The fourth-order valence-electron chi connectivity index (χ4n) is 2.19. The fourth-order valence-corrected chi connectivity index (χ4v) is 2.19. The van der Waals surface area contributed by atoms with Gasteiger partial charge in [-0.25, -0.2) is 0 Å². The van der Waals surface area contributed by atoms with Gasteiger partial charge in [0.2, 0.25) is 0 Å². The van der Waals surface area contributed by atoms with Crippen LogP contribution in [0.3, 0.4) is 0 Å². The van der Waals surface area contributed by atoms with Crippen molar-refractivity contribution in [3.8, 4) is 0 Å². The Kier molecular flexibility index (Phi) is 5.79. The largest absolute Gasteiger partial charge is 0.383 e. The van der Waals surface area contributed by atoms with Gasteiger partial charge in [-0.15, -0.1) is 0 Å². The molecule has 0 aliphatic rings. The quantitative estimate of drug-likeness (QED) is 0.803. The summed E-state index contributed by atoms with van der Waals surface area (Å²) in [5.41, 5.74) is 7.28. The highest BCUT2D eigenvalue weighted by Crippen LogP contribution is 2.24. The summed E-state index contributed by atoms with van der Waals surface area (Å²) in [4.78, 5) is 2.31. The predicted molar refractivity (Wildman–Crippen MR) is 76.8 cm³/mol.